The highest BCUT2D eigenvalue weighted by Crippen LogP contribution is 2.27. The molecule has 0 fully saturated rings. The maximum atomic E-state index is 13.8. The second-order valence-corrected chi connectivity index (χ2v) is 4.38. The van der Waals surface area contributed by atoms with Crippen molar-refractivity contribution in [2.45, 2.75) is 12.5 Å². The van der Waals surface area contributed by atoms with E-state index in [1.807, 2.05) is 0 Å². The van der Waals surface area contributed by atoms with Crippen molar-refractivity contribution in [3.8, 4) is 5.75 Å². The van der Waals surface area contributed by atoms with Gasteiger partial charge in [-0.25, -0.2) is 8.78 Å². The summed E-state index contributed by atoms with van der Waals surface area (Å²) < 4.78 is 32.3. The highest BCUT2D eigenvalue weighted by Gasteiger charge is 2.18. The fourth-order valence-corrected chi connectivity index (χ4v) is 2.14. The number of pyridine rings is 1. The molecule has 0 saturated carbocycles. The van der Waals surface area contributed by atoms with Gasteiger partial charge in [0.15, 0.2) is 11.6 Å². The number of benzene rings is 1. The third kappa shape index (κ3) is 2.93. The van der Waals surface area contributed by atoms with Crippen molar-refractivity contribution in [3.63, 3.8) is 0 Å². The molecule has 2 aromatic rings. The molecule has 2 rings (SSSR count). The number of nitrogens with zero attached hydrogens (tertiary/aromatic N) is 1. The lowest BCUT2D eigenvalue weighted by molar-refractivity contribution is 0.398. The topological polar surface area (TPSA) is 34.2 Å². The molecule has 0 saturated heterocycles. The Morgan fingerprint density at radius 3 is 2.80 bits per heavy atom. The van der Waals surface area contributed by atoms with E-state index in [1.165, 1.54) is 6.07 Å². The van der Waals surface area contributed by atoms with Gasteiger partial charge in [0.2, 0.25) is 0 Å². The van der Waals surface area contributed by atoms with E-state index in [0.717, 1.165) is 11.6 Å². The standard InChI is InChI=1S/C15H16F2N2O/c1-18-13(11-6-7-19-9-14(11)20-2)8-10-4-3-5-12(16)15(10)17/h3-7,9,13,18H,8H2,1-2H3. The number of likely N-dealkylation sites (N-methyl/N-ethyl adjacent to an activating group) is 1. The number of nitrogens with one attached hydrogen (secondary N) is 1. The van der Waals surface area contributed by atoms with E-state index in [9.17, 15) is 8.78 Å². The molecule has 1 N–H and O–H groups in total. The molecule has 106 valence electrons. The third-order valence-electron chi connectivity index (χ3n) is 3.22. The number of aromatic nitrogens is 1. The summed E-state index contributed by atoms with van der Waals surface area (Å²) in [5.74, 6) is -1.02. The smallest absolute Gasteiger partial charge is 0.162 e. The fraction of sp³-hybridized carbons (Fsp3) is 0.267. The SMILES string of the molecule is CNC(Cc1cccc(F)c1F)c1ccncc1OC. The van der Waals surface area contributed by atoms with Crippen LogP contribution in [0.15, 0.2) is 36.7 Å². The van der Waals surface area contributed by atoms with E-state index >= 15 is 0 Å². The lowest BCUT2D eigenvalue weighted by atomic mass is 9.98. The molecule has 0 aliphatic rings. The minimum atomic E-state index is -0.834. The van der Waals surface area contributed by atoms with Crippen LogP contribution in [0.1, 0.15) is 17.2 Å². The van der Waals surface area contributed by atoms with Gasteiger partial charge in [0.25, 0.3) is 0 Å². The number of methoxy groups -OCH3 is 1. The molecule has 3 nitrogen and oxygen atoms in total. The van der Waals surface area contributed by atoms with Gasteiger partial charge in [0.1, 0.15) is 5.75 Å². The minimum Gasteiger partial charge on any atom is -0.495 e. The molecule has 1 aromatic heterocycles. The monoisotopic (exact) mass is 278 g/mol. The van der Waals surface area contributed by atoms with Crippen LogP contribution in [-0.4, -0.2) is 19.1 Å². The van der Waals surface area contributed by atoms with Crippen molar-refractivity contribution >= 4 is 0 Å². The average molecular weight is 278 g/mol. The van der Waals surface area contributed by atoms with Crippen LogP contribution in [0.5, 0.6) is 5.75 Å². The zero-order valence-corrected chi connectivity index (χ0v) is 11.4. The lowest BCUT2D eigenvalue weighted by Gasteiger charge is -2.19. The van der Waals surface area contributed by atoms with Gasteiger partial charge in [-0.05, 0) is 31.2 Å². The van der Waals surface area contributed by atoms with Gasteiger partial charge in [-0.15, -0.1) is 0 Å². The number of hydrogen-bond acceptors (Lipinski definition) is 3. The zero-order valence-electron chi connectivity index (χ0n) is 11.4. The molecule has 1 heterocycles. The Morgan fingerprint density at radius 1 is 1.30 bits per heavy atom. The van der Waals surface area contributed by atoms with Crippen molar-refractivity contribution in [3.05, 3.63) is 59.4 Å². The van der Waals surface area contributed by atoms with Crippen LogP contribution in [0, 0.1) is 11.6 Å². The van der Waals surface area contributed by atoms with Crippen LogP contribution in [0.25, 0.3) is 0 Å². The second-order valence-electron chi connectivity index (χ2n) is 4.38. The molecule has 1 atom stereocenters. The molecule has 0 aliphatic carbocycles. The molecule has 0 aliphatic heterocycles. The van der Waals surface area contributed by atoms with E-state index in [4.69, 9.17) is 4.74 Å². The number of ether oxygens (including phenoxy) is 1. The molecule has 20 heavy (non-hydrogen) atoms. The molecule has 0 spiro atoms. The largest absolute Gasteiger partial charge is 0.495 e. The van der Waals surface area contributed by atoms with E-state index in [-0.39, 0.29) is 6.04 Å². The molecule has 0 bridgehead atoms. The van der Waals surface area contributed by atoms with Gasteiger partial charge < -0.3 is 10.1 Å². The second kappa shape index (κ2) is 6.43. The van der Waals surface area contributed by atoms with Gasteiger partial charge in [0.05, 0.1) is 13.3 Å². The average Bonchev–Trinajstić information content (AvgIpc) is 2.49. The molecule has 1 aromatic carbocycles. The number of rotatable bonds is 5. The van der Waals surface area contributed by atoms with Crippen LogP contribution in [0.3, 0.4) is 0 Å². The quantitative estimate of drug-likeness (QED) is 0.913. The van der Waals surface area contributed by atoms with Crippen LogP contribution >= 0.6 is 0 Å². The first-order valence-corrected chi connectivity index (χ1v) is 6.25. The van der Waals surface area contributed by atoms with Crippen LogP contribution in [0.2, 0.25) is 0 Å². The Kier molecular flexibility index (Phi) is 4.63. The Morgan fingerprint density at radius 2 is 2.10 bits per heavy atom. The maximum absolute atomic E-state index is 13.8. The summed E-state index contributed by atoms with van der Waals surface area (Å²) in [6, 6.07) is 5.81. The Bertz CT molecular complexity index is 590. The molecule has 5 heteroatoms. The van der Waals surface area contributed by atoms with Crippen LogP contribution < -0.4 is 10.1 Å². The van der Waals surface area contributed by atoms with E-state index in [2.05, 4.69) is 10.3 Å². The lowest BCUT2D eigenvalue weighted by Crippen LogP contribution is -2.20. The molecule has 1 unspecified atom stereocenters. The van der Waals surface area contributed by atoms with Gasteiger partial charge in [-0.2, -0.15) is 0 Å². The Labute approximate surface area is 116 Å². The summed E-state index contributed by atoms with van der Waals surface area (Å²) >= 11 is 0. The third-order valence-corrected chi connectivity index (χ3v) is 3.22. The first-order valence-electron chi connectivity index (χ1n) is 6.25. The number of halogens is 2. The first kappa shape index (κ1) is 14.4. The molecular weight excluding hydrogens is 262 g/mol. The van der Waals surface area contributed by atoms with Crippen molar-refractivity contribution < 1.29 is 13.5 Å². The van der Waals surface area contributed by atoms with E-state index < -0.39 is 11.6 Å². The van der Waals surface area contributed by atoms with E-state index in [0.29, 0.717) is 17.7 Å². The predicted octanol–water partition coefficient (Wildman–Crippen LogP) is 2.87. The fourth-order valence-electron chi connectivity index (χ4n) is 2.14. The summed E-state index contributed by atoms with van der Waals surface area (Å²) in [5.41, 5.74) is 1.18. The maximum Gasteiger partial charge on any atom is 0.162 e. The van der Waals surface area contributed by atoms with Gasteiger partial charge in [0, 0.05) is 17.8 Å². The normalized spacial score (nSPS) is 12.2. The van der Waals surface area contributed by atoms with Crippen LogP contribution in [-0.2, 0) is 6.42 Å². The summed E-state index contributed by atoms with van der Waals surface area (Å²) in [6.45, 7) is 0. The first-order chi connectivity index (χ1) is 9.67. The molecule has 0 amide bonds. The van der Waals surface area contributed by atoms with Crippen molar-refractivity contribution in [1.29, 1.82) is 0 Å². The van der Waals surface area contributed by atoms with Crippen molar-refractivity contribution in [1.82, 2.24) is 10.3 Å². The zero-order chi connectivity index (χ0) is 14.5. The van der Waals surface area contributed by atoms with Crippen molar-refractivity contribution in [2.75, 3.05) is 14.2 Å². The summed E-state index contributed by atoms with van der Waals surface area (Å²) in [7, 11) is 3.32. The van der Waals surface area contributed by atoms with Gasteiger partial charge in [-0.1, -0.05) is 12.1 Å². The summed E-state index contributed by atoms with van der Waals surface area (Å²) in [5, 5.41) is 3.09. The van der Waals surface area contributed by atoms with E-state index in [1.54, 1.807) is 38.7 Å². The van der Waals surface area contributed by atoms with Crippen molar-refractivity contribution in [2.24, 2.45) is 0 Å². The molecular formula is C15H16F2N2O. The highest BCUT2D eigenvalue weighted by atomic mass is 19.2. The minimum absolute atomic E-state index is 0.191. The number of hydrogen-bond donors (Lipinski definition) is 1. The predicted molar refractivity (Wildman–Crippen MR) is 72.7 cm³/mol. The summed E-state index contributed by atoms with van der Waals surface area (Å²) in [6.07, 6.45) is 3.56. The Balaban J connectivity index is 2.31. The van der Waals surface area contributed by atoms with Gasteiger partial charge in [-0.3, -0.25) is 4.98 Å². The molecule has 0 radical (unpaired) electrons. The van der Waals surface area contributed by atoms with Crippen LogP contribution in [0.4, 0.5) is 8.78 Å². The Hall–Kier alpha value is -2.01. The highest BCUT2D eigenvalue weighted by molar-refractivity contribution is 5.34. The van der Waals surface area contributed by atoms with Gasteiger partial charge >= 0.3 is 0 Å². The summed E-state index contributed by atoms with van der Waals surface area (Å²) in [4.78, 5) is 3.98.